The van der Waals surface area contributed by atoms with Crippen LogP contribution in [0.3, 0.4) is 0 Å². The zero-order chi connectivity index (χ0) is 13.9. The number of halogens is 1. The smallest absolute Gasteiger partial charge is 0.106 e. The van der Waals surface area contributed by atoms with Crippen LogP contribution in [0, 0.1) is 0 Å². The summed E-state index contributed by atoms with van der Waals surface area (Å²) in [6.07, 6.45) is 6.51. The second-order valence-corrected chi connectivity index (χ2v) is 5.52. The number of nitrogens with zero attached hydrogens (tertiary/aromatic N) is 2. The molecule has 0 aliphatic carbocycles. The summed E-state index contributed by atoms with van der Waals surface area (Å²) in [4.78, 5) is 0. The van der Waals surface area contributed by atoms with Gasteiger partial charge >= 0.3 is 0 Å². The fourth-order valence-corrected chi connectivity index (χ4v) is 2.81. The number of ether oxygens (including phenoxy) is 1. The molecule has 0 spiro atoms. The maximum absolute atomic E-state index is 6.31. The number of benzene rings is 1. The average Bonchev–Trinajstić information content (AvgIpc) is 3.08. The van der Waals surface area contributed by atoms with Crippen molar-refractivity contribution in [1.82, 2.24) is 9.78 Å². The molecule has 1 saturated heterocycles. The Kier molecular flexibility index (Phi) is 3.94. The lowest BCUT2D eigenvalue weighted by atomic mass is 10.2. The van der Waals surface area contributed by atoms with Crippen molar-refractivity contribution in [2.24, 2.45) is 0 Å². The Bertz CT molecular complexity index is 571. The molecule has 2 atom stereocenters. The van der Waals surface area contributed by atoms with Gasteiger partial charge in [0.15, 0.2) is 0 Å². The first kappa shape index (κ1) is 13.5. The van der Waals surface area contributed by atoms with Crippen molar-refractivity contribution in [3.8, 4) is 5.69 Å². The fourth-order valence-electron chi connectivity index (χ4n) is 2.55. The third-order valence-corrected chi connectivity index (χ3v) is 3.87. The van der Waals surface area contributed by atoms with Gasteiger partial charge in [0.05, 0.1) is 22.9 Å². The molecule has 0 saturated carbocycles. The van der Waals surface area contributed by atoms with E-state index in [9.17, 15) is 0 Å². The van der Waals surface area contributed by atoms with E-state index >= 15 is 0 Å². The highest BCUT2D eigenvalue weighted by atomic mass is 35.5. The van der Waals surface area contributed by atoms with Crippen molar-refractivity contribution in [2.45, 2.75) is 32.0 Å². The normalized spacial score (nSPS) is 22.1. The predicted molar refractivity (Wildman–Crippen MR) is 80.6 cm³/mol. The van der Waals surface area contributed by atoms with Crippen molar-refractivity contribution in [1.29, 1.82) is 0 Å². The summed E-state index contributed by atoms with van der Waals surface area (Å²) in [6, 6.07) is 7.71. The Morgan fingerprint density at radius 3 is 3.00 bits per heavy atom. The SMILES string of the molecule is CC1CCC(CNc2cccc(Cl)c2-n2cccn2)O1. The number of nitrogens with one attached hydrogen (secondary N) is 1. The third kappa shape index (κ3) is 2.81. The summed E-state index contributed by atoms with van der Waals surface area (Å²) in [6.45, 7) is 2.91. The molecule has 1 N–H and O–H groups in total. The highest BCUT2D eigenvalue weighted by Gasteiger charge is 2.21. The topological polar surface area (TPSA) is 39.1 Å². The molecule has 5 heteroatoms. The standard InChI is InChI=1S/C15H18ClN3O/c1-11-6-7-12(20-11)10-17-14-5-2-4-13(16)15(14)19-9-3-8-18-19/h2-5,8-9,11-12,17H,6-7,10H2,1H3. The van der Waals surface area contributed by atoms with Crippen LogP contribution in [0.1, 0.15) is 19.8 Å². The van der Waals surface area contributed by atoms with E-state index < -0.39 is 0 Å². The minimum absolute atomic E-state index is 0.273. The molecule has 1 aliphatic heterocycles. The number of hydrogen-bond acceptors (Lipinski definition) is 3. The molecule has 4 nitrogen and oxygen atoms in total. The minimum Gasteiger partial charge on any atom is -0.381 e. The summed E-state index contributed by atoms with van der Waals surface area (Å²) in [5.41, 5.74) is 1.86. The van der Waals surface area contributed by atoms with E-state index in [0.717, 1.165) is 30.8 Å². The molecule has 0 radical (unpaired) electrons. The van der Waals surface area contributed by atoms with E-state index in [-0.39, 0.29) is 6.10 Å². The maximum atomic E-state index is 6.31. The van der Waals surface area contributed by atoms with E-state index in [1.807, 2.05) is 30.5 Å². The number of hydrogen-bond donors (Lipinski definition) is 1. The van der Waals surface area contributed by atoms with Crippen molar-refractivity contribution in [3.63, 3.8) is 0 Å². The Morgan fingerprint density at radius 1 is 1.40 bits per heavy atom. The van der Waals surface area contributed by atoms with Gasteiger partial charge in [0.25, 0.3) is 0 Å². The van der Waals surface area contributed by atoms with Crippen LogP contribution in [0.15, 0.2) is 36.7 Å². The van der Waals surface area contributed by atoms with Crippen LogP contribution in [0.2, 0.25) is 5.02 Å². The van der Waals surface area contributed by atoms with E-state index in [1.165, 1.54) is 0 Å². The first-order valence-electron chi connectivity index (χ1n) is 6.92. The Hall–Kier alpha value is -1.52. The number of anilines is 1. The van der Waals surface area contributed by atoms with Gasteiger partial charge in [0.2, 0.25) is 0 Å². The quantitative estimate of drug-likeness (QED) is 0.937. The molecule has 1 aliphatic rings. The third-order valence-electron chi connectivity index (χ3n) is 3.56. The summed E-state index contributed by atoms with van der Waals surface area (Å²) in [5.74, 6) is 0. The lowest BCUT2D eigenvalue weighted by molar-refractivity contribution is 0.0637. The van der Waals surface area contributed by atoms with Gasteiger partial charge in [0, 0.05) is 18.9 Å². The van der Waals surface area contributed by atoms with Crippen LogP contribution in [0.5, 0.6) is 0 Å². The molecule has 0 bridgehead atoms. The lowest BCUT2D eigenvalue weighted by Gasteiger charge is -2.16. The zero-order valence-electron chi connectivity index (χ0n) is 11.4. The van der Waals surface area contributed by atoms with Gasteiger partial charge in [-0.2, -0.15) is 5.10 Å². The fraction of sp³-hybridized carbons (Fsp3) is 0.400. The molecule has 20 heavy (non-hydrogen) atoms. The van der Waals surface area contributed by atoms with Crippen LogP contribution in [-0.2, 0) is 4.74 Å². The first-order valence-corrected chi connectivity index (χ1v) is 7.29. The van der Waals surface area contributed by atoms with Crippen molar-refractivity contribution in [2.75, 3.05) is 11.9 Å². The summed E-state index contributed by atoms with van der Waals surface area (Å²) in [7, 11) is 0. The maximum Gasteiger partial charge on any atom is 0.106 e. The van der Waals surface area contributed by atoms with E-state index in [4.69, 9.17) is 16.3 Å². The predicted octanol–water partition coefficient (Wildman–Crippen LogP) is 3.51. The lowest BCUT2D eigenvalue weighted by Crippen LogP contribution is -2.20. The van der Waals surface area contributed by atoms with Crippen molar-refractivity contribution < 1.29 is 4.74 Å². The molecular weight excluding hydrogens is 274 g/mol. The molecule has 2 aromatic rings. The molecule has 1 aromatic carbocycles. The van der Waals surface area contributed by atoms with Crippen LogP contribution < -0.4 is 5.32 Å². The van der Waals surface area contributed by atoms with Gasteiger partial charge in [-0.25, -0.2) is 4.68 Å². The summed E-state index contributed by atoms with van der Waals surface area (Å²) >= 11 is 6.31. The highest BCUT2D eigenvalue weighted by Crippen LogP contribution is 2.28. The largest absolute Gasteiger partial charge is 0.381 e. The molecule has 1 fully saturated rings. The Morgan fingerprint density at radius 2 is 2.30 bits per heavy atom. The number of aromatic nitrogens is 2. The average molecular weight is 292 g/mol. The molecular formula is C15H18ClN3O. The second kappa shape index (κ2) is 5.85. The number of para-hydroxylation sites is 1. The summed E-state index contributed by atoms with van der Waals surface area (Å²) < 4.78 is 7.61. The van der Waals surface area contributed by atoms with Gasteiger partial charge in [-0.15, -0.1) is 0 Å². The first-order chi connectivity index (χ1) is 9.74. The molecule has 106 valence electrons. The van der Waals surface area contributed by atoms with E-state index in [1.54, 1.807) is 10.9 Å². The van der Waals surface area contributed by atoms with Gasteiger partial charge in [0.1, 0.15) is 5.69 Å². The monoisotopic (exact) mass is 291 g/mol. The molecule has 3 rings (SSSR count). The van der Waals surface area contributed by atoms with Gasteiger partial charge in [-0.3, -0.25) is 0 Å². The van der Waals surface area contributed by atoms with Gasteiger partial charge in [-0.05, 0) is 38.0 Å². The zero-order valence-corrected chi connectivity index (χ0v) is 12.2. The molecule has 0 amide bonds. The molecule has 2 unspecified atom stereocenters. The Balaban J connectivity index is 1.78. The van der Waals surface area contributed by atoms with Gasteiger partial charge < -0.3 is 10.1 Å². The highest BCUT2D eigenvalue weighted by molar-refractivity contribution is 6.33. The van der Waals surface area contributed by atoms with Crippen molar-refractivity contribution in [3.05, 3.63) is 41.7 Å². The van der Waals surface area contributed by atoms with Crippen LogP contribution >= 0.6 is 11.6 Å². The van der Waals surface area contributed by atoms with Crippen LogP contribution in [-0.4, -0.2) is 28.5 Å². The van der Waals surface area contributed by atoms with E-state index in [2.05, 4.69) is 17.3 Å². The van der Waals surface area contributed by atoms with Crippen molar-refractivity contribution >= 4 is 17.3 Å². The molecule has 1 aromatic heterocycles. The van der Waals surface area contributed by atoms with Crippen LogP contribution in [0.4, 0.5) is 5.69 Å². The Labute approximate surface area is 123 Å². The van der Waals surface area contributed by atoms with Crippen LogP contribution in [0.25, 0.3) is 5.69 Å². The minimum atomic E-state index is 0.273. The van der Waals surface area contributed by atoms with E-state index in [0.29, 0.717) is 11.1 Å². The number of rotatable bonds is 4. The summed E-state index contributed by atoms with van der Waals surface area (Å²) in [5, 5.41) is 8.38. The van der Waals surface area contributed by atoms with Gasteiger partial charge in [-0.1, -0.05) is 17.7 Å². The second-order valence-electron chi connectivity index (χ2n) is 5.11. The molecule has 2 heterocycles.